The number of aromatic nitrogens is 2. The topological polar surface area (TPSA) is 120 Å². The number of carbonyl (C=O) groups is 3. The summed E-state index contributed by atoms with van der Waals surface area (Å²) in [5.74, 6) is -1.27. The first-order chi connectivity index (χ1) is 15.1. The minimum atomic E-state index is -1.31. The molecule has 1 aliphatic rings. The SMILES string of the molecule is CC(C)(C)C(=O)CCOC(=O)c1cccc2c1OB(O)[C@@H](NC(=O)CCn1ccnc1)C2. The summed E-state index contributed by atoms with van der Waals surface area (Å²) in [6.45, 7) is 5.88. The van der Waals surface area contributed by atoms with Gasteiger partial charge in [0.1, 0.15) is 17.1 Å². The van der Waals surface area contributed by atoms with Crippen molar-refractivity contribution in [1.82, 2.24) is 14.9 Å². The molecule has 3 rings (SSSR count). The zero-order chi connectivity index (χ0) is 23.3. The van der Waals surface area contributed by atoms with Gasteiger partial charge in [-0.05, 0) is 18.1 Å². The number of aryl methyl sites for hydroxylation is 1. The summed E-state index contributed by atoms with van der Waals surface area (Å²) < 4.78 is 12.6. The fourth-order valence-electron chi connectivity index (χ4n) is 3.33. The molecule has 0 unspecified atom stereocenters. The van der Waals surface area contributed by atoms with E-state index in [2.05, 4.69) is 10.3 Å². The number of hydrogen-bond acceptors (Lipinski definition) is 7. The molecule has 1 aromatic heterocycles. The Morgan fingerprint density at radius 3 is 2.78 bits per heavy atom. The van der Waals surface area contributed by atoms with Crippen molar-refractivity contribution in [1.29, 1.82) is 0 Å². The van der Waals surface area contributed by atoms with E-state index in [0.29, 0.717) is 18.5 Å². The first-order valence-corrected chi connectivity index (χ1v) is 10.6. The Hall–Kier alpha value is -3.14. The van der Waals surface area contributed by atoms with Crippen LogP contribution in [0.3, 0.4) is 0 Å². The van der Waals surface area contributed by atoms with E-state index in [-0.39, 0.29) is 42.5 Å². The predicted octanol–water partition coefficient (Wildman–Crippen LogP) is 1.57. The number of nitrogens with one attached hydrogen (secondary N) is 1. The van der Waals surface area contributed by atoms with Crippen LogP contribution in [0.5, 0.6) is 5.75 Å². The van der Waals surface area contributed by atoms with Crippen LogP contribution in [-0.2, 0) is 27.3 Å². The van der Waals surface area contributed by atoms with Crippen LogP contribution >= 0.6 is 0 Å². The molecule has 32 heavy (non-hydrogen) atoms. The molecule has 2 aromatic rings. The molecule has 170 valence electrons. The lowest BCUT2D eigenvalue weighted by Gasteiger charge is -2.29. The number of para-hydroxylation sites is 1. The molecule has 0 bridgehead atoms. The largest absolute Gasteiger partial charge is 0.547 e. The maximum Gasteiger partial charge on any atom is 0.547 e. The molecule has 1 amide bonds. The van der Waals surface area contributed by atoms with Crippen molar-refractivity contribution in [2.75, 3.05) is 6.61 Å². The van der Waals surface area contributed by atoms with Gasteiger partial charge in [-0.25, -0.2) is 9.78 Å². The fraction of sp³-hybridized carbons (Fsp3) is 0.455. The Kier molecular flexibility index (Phi) is 7.35. The van der Waals surface area contributed by atoms with E-state index >= 15 is 0 Å². The minimum Gasteiger partial charge on any atom is -0.534 e. The van der Waals surface area contributed by atoms with Gasteiger partial charge in [-0.1, -0.05) is 32.9 Å². The smallest absolute Gasteiger partial charge is 0.534 e. The lowest BCUT2D eigenvalue weighted by Crippen LogP contribution is -2.53. The van der Waals surface area contributed by atoms with Crippen molar-refractivity contribution in [2.24, 2.45) is 5.41 Å². The average molecular weight is 441 g/mol. The zero-order valence-electron chi connectivity index (χ0n) is 18.5. The second kappa shape index (κ2) is 9.99. The number of amides is 1. The van der Waals surface area contributed by atoms with Crippen LogP contribution < -0.4 is 9.97 Å². The number of hydrogen-bond donors (Lipinski definition) is 2. The van der Waals surface area contributed by atoms with Gasteiger partial charge in [-0.15, -0.1) is 0 Å². The molecule has 1 aromatic carbocycles. The fourth-order valence-corrected chi connectivity index (χ4v) is 3.33. The summed E-state index contributed by atoms with van der Waals surface area (Å²) in [6, 6.07) is 5.00. The van der Waals surface area contributed by atoms with Gasteiger partial charge in [-0.3, -0.25) is 9.59 Å². The number of ketones is 1. The number of nitrogens with zero attached hydrogens (tertiary/aromatic N) is 2. The minimum absolute atomic E-state index is 0.00122. The summed E-state index contributed by atoms with van der Waals surface area (Å²) in [4.78, 5) is 40.7. The molecule has 0 spiro atoms. The van der Waals surface area contributed by atoms with Crippen molar-refractivity contribution >= 4 is 24.8 Å². The number of Topliss-reactive ketones (excluding diaryl/α,β-unsaturated/α-hetero) is 1. The molecule has 0 aliphatic carbocycles. The molecule has 2 heterocycles. The number of ether oxygens (including phenoxy) is 1. The molecule has 1 aliphatic heterocycles. The quantitative estimate of drug-likeness (QED) is 0.472. The van der Waals surface area contributed by atoms with E-state index in [9.17, 15) is 19.4 Å². The third kappa shape index (κ3) is 5.97. The standard InChI is InChI=1S/C22H28BN3O6/c1-22(2,3)17(27)8-12-31-21(29)16-6-4-5-15-13-18(23(30)32-20(15)16)25-19(28)7-10-26-11-9-24-14-26/h4-6,9,11,14,18,30H,7-8,10,12-13H2,1-3H3,(H,25,28)/t18-/m0/s1. The maximum atomic E-state index is 12.5. The van der Waals surface area contributed by atoms with Crippen molar-refractivity contribution in [2.45, 2.75) is 52.5 Å². The molecule has 0 radical (unpaired) electrons. The Balaban J connectivity index is 1.58. The van der Waals surface area contributed by atoms with Gasteiger partial charge < -0.3 is 24.3 Å². The van der Waals surface area contributed by atoms with Gasteiger partial charge in [0.2, 0.25) is 5.91 Å². The normalized spacial score (nSPS) is 15.5. The highest BCUT2D eigenvalue weighted by Crippen LogP contribution is 2.30. The van der Waals surface area contributed by atoms with Crippen LogP contribution in [0.2, 0.25) is 0 Å². The molecule has 0 saturated carbocycles. The summed E-state index contributed by atoms with van der Waals surface area (Å²) in [5, 5.41) is 13.2. The van der Waals surface area contributed by atoms with Crippen LogP contribution in [0.25, 0.3) is 0 Å². The Bertz CT molecular complexity index is 971. The summed E-state index contributed by atoms with van der Waals surface area (Å²) in [7, 11) is -1.31. The Labute approximate surface area is 187 Å². The third-order valence-corrected chi connectivity index (χ3v) is 5.24. The van der Waals surface area contributed by atoms with Crippen LogP contribution in [0.4, 0.5) is 0 Å². The monoisotopic (exact) mass is 441 g/mol. The maximum absolute atomic E-state index is 12.5. The van der Waals surface area contributed by atoms with E-state index in [0.717, 1.165) is 0 Å². The average Bonchev–Trinajstić information content (AvgIpc) is 3.25. The number of carbonyl (C=O) groups excluding carboxylic acids is 3. The van der Waals surface area contributed by atoms with E-state index in [4.69, 9.17) is 9.39 Å². The predicted molar refractivity (Wildman–Crippen MR) is 117 cm³/mol. The van der Waals surface area contributed by atoms with Crippen molar-refractivity contribution in [3.63, 3.8) is 0 Å². The Morgan fingerprint density at radius 1 is 1.31 bits per heavy atom. The van der Waals surface area contributed by atoms with E-state index in [1.165, 1.54) is 0 Å². The highest BCUT2D eigenvalue weighted by Gasteiger charge is 2.37. The molecule has 9 nitrogen and oxygen atoms in total. The van der Waals surface area contributed by atoms with E-state index in [1.54, 1.807) is 41.5 Å². The first-order valence-electron chi connectivity index (χ1n) is 10.6. The number of esters is 1. The number of benzene rings is 1. The van der Waals surface area contributed by atoms with E-state index < -0.39 is 24.4 Å². The lowest BCUT2D eigenvalue weighted by molar-refractivity contribution is -0.127. The molecule has 0 saturated heterocycles. The van der Waals surface area contributed by atoms with Crippen LogP contribution in [0, 0.1) is 5.41 Å². The van der Waals surface area contributed by atoms with Crippen molar-refractivity contribution in [3.05, 3.63) is 48.0 Å². The van der Waals surface area contributed by atoms with Crippen molar-refractivity contribution in [3.8, 4) is 5.75 Å². The van der Waals surface area contributed by atoms with Gasteiger partial charge in [0.05, 0.1) is 18.9 Å². The number of rotatable bonds is 8. The number of fused-ring (bicyclic) bond motifs is 1. The van der Waals surface area contributed by atoms with Gasteiger partial charge >= 0.3 is 13.1 Å². The molecular weight excluding hydrogens is 413 g/mol. The molecule has 2 N–H and O–H groups in total. The van der Waals surface area contributed by atoms with E-state index in [1.807, 2.05) is 20.8 Å². The molecular formula is C22H28BN3O6. The van der Waals surface area contributed by atoms with Crippen LogP contribution in [0.15, 0.2) is 36.9 Å². The van der Waals surface area contributed by atoms with Gasteiger partial charge in [0, 0.05) is 37.2 Å². The van der Waals surface area contributed by atoms with Crippen molar-refractivity contribution < 1.29 is 28.8 Å². The highest BCUT2D eigenvalue weighted by atomic mass is 16.5. The summed E-state index contributed by atoms with van der Waals surface area (Å²) >= 11 is 0. The Morgan fingerprint density at radius 2 is 2.09 bits per heavy atom. The molecule has 0 fully saturated rings. The highest BCUT2D eigenvalue weighted by molar-refractivity contribution is 6.47. The summed E-state index contributed by atoms with van der Waals surface area (Å²) in [5.41, 5.74) is 0.356. The van der Waals surface area contributed by atoms with Crippen LogP contribution in [-0.4, -0.2) is 51.9 Å². The second-order valence-electron chi connectivity index (χ2n) is 8.79. The molecule has 1 atom stereocenters. The second-order valence-corrected chi connectivity index (χ2v) is 8.79. The van der Waals surface area contributed by atoms with Gasteiger partial charge in [0.25, 0.3) is 0 Å². The zero-order valence-corrected chi connectivity index (χ0v) is 18.5. The van der Waals surface area contributed by atoms with Gasteiger partial charge in [-0.2, -0.15) is 0 Å². The number of imidazole rings is 1. The molecule has 10 heteroatoms. The summed E-state index contributed by atoms with van der Waals surface area (Å²) in [6.07, 6.45) is 5.69. The van der Waals surface area contributed by atoms with Gasteiger partial charge in [0.15, 0.2) is 0 Å². The van der Waals surface area contributed by atoms with Crippen LogP contribution in [0.1, 0.15) is 49.5 Å². The lowest BCUT2D eigenvalue weighted by atomic mass is 9.72. The first kappa shape index (κ1) is 23.5. The third-order valence-electron chi connectivity index (χ3n) is 5.24.